The first-order valence-electron chi connectivity index (χ1n) is 6.35. The molecule has 2 heterocycles. The number of carbonyl (C=O) groups excluding carboxylic acids is 1. The van der Waals surface area contributed by atoms with Gasteiger partial charge in [-0.2, -0.15) is 0 Å². The van der Waals surface area contributed by atoms with Crippen LogP contribution in [0.3, 0.4) is 0 Å². The molecule has 2 saturated heterocycles. The van der Waals surface area contributed by atoms with Crippen LogP contribution in [-0.2, 0) is 9.84 Å². The molecule has 0 aromatic heterocycles. The van der Waals surface area contributed by atoms with E-state index in [2.05, 4.69) is 0 Å². The Bertz CT molecular complexity index is 414. The van der Waals surface area contributed by atoms with Gasteiger partial charge in [0, 0.05) is 14.1 Å². The molecule has 0 aliphatic carbocycles. The van der Waals surface area contributed by atoms with Gasteiger partial charge in [0.05, 0.1) is 50.8 Å². The Morgan fingerprint density at radius 3 is 1.95 bits per heavy atom. The lowest BCUT2D eigenvalue weighted by Gasteiger charge is -2.46. The lowest BCUT2D eigenvalue weighted by Crippen LogP contribution is -3.00. The molecule has 2 aliphatic heterocycles. The van der Waals surface area contributed by atoms with Crippen molar-refractivity contribution in [1.82, 2.24) is 9.80 Å². The van der Waals surface area contributed by atoms with Crippen LogP contribution in [0, 0.1) is 0 Å². The van der Waals surface area contributed by atoms with Gasteiger partial charge in [0.15, 0.2) is 9.84 Å². The second kappa shape index (κ2) is 5.85. The Labute approximate surface area is 121 Å². The van der Waals surface area contributed by atoms with Gasteiger partial charge in [0.25, 0.3) is 0 Å². The number of halogens is 1. The molecule has 2 aliphatic rings. The zero-order valence-corrected chi connectivity index (χ0v) is 13.1. The second-order valence-corrected chi connectivity index (χ2v) is 7.86. The van der Waals surface area contributed by atoms with E-state index in [9.17, 15) is 13.2 Å². The van der Waals surface area contributed by atoms with E-state index in [0.717, 1.165) is 30.7 Å². The summed E-state index contributed by atoms with van der Waals surface area (Å²) in [6.45, 7) is 4.66. The van der Waals surface area contributed by atoms with Gasteiger partial charge in [-0.25, -0.2) is 13.2 Å². The van der Waals surface area contributed by atoms with E-state index < -0.39 is 9.84 Å². The van der Waals surface area contributed by atoms with Crippen molar-refractivity contribution < 1.29 is 30.1 Å². The van der Waals surface area contributed by atoms with Gasteiger partial charge in [0.1, 0.15) is 0 Å². The first kappa shape index (κ1) is 16.5. The van der Waals surface area contributed by atoms with E-state index in [1.807, 2.05) is 4.90 Å². The fourth-order valence-electron chi connectivity index (χ4n) is 2.69. The lowest BCUT2D eigenvalue weighted by molar-refractivity contribution is -0.928. The normalized spacial score (nSPS) is 24.6. The number of nitrogens with zero attached hydrogens (tertiary/aromatic N) is 3. The minimum atomic E-state index is -2.81. The number of amides is 2. The third-order valence-electron chi connectivity index (χ3n) is 4.09. The first-order valence-corrected chi connectivity index (χ1v) is 8.18. The van der Waals surface area contributed by atoms with E-state index in [0.29, 0.717) is 24.6 Å². The van der Waals surface area contributed by atoms with Crippen LogP contribution in [0.15, 0.2) is 0 Å². The Balaban J connectivity index is 0.00000180. The van der Waals surface area contributed by atoms with Gasteiger partial charge in [-0.05, 0) is 0 Å². The number of sulfone groups is 1. The summed E-state index contributed by atoms with van der Waals surface area (Å²) in [5.41, 5.74) is 0. The summed E-state index contributed by atoms with van der Waals surface area (Å²) >= 11 is 0. The molecule has 0 atom stereocenters. The highest BCUT2D eigenvalue weighted by molar-refractivity contribution is 7.91. The molecule has 6 nitrogen and oxygen atoms in total. The molecule has 2 rings (SSSR count). The van der Waals surface area contributed by atoms with Crippen LogP contribution >= 0.6 is 0 Å². The molecular formula is C11H22ClN3O3S. The maximum absolute atomic E-state index is 11.8. The van der Waals surface area contributed by atoms with E-state index in [-0.39, 0.29) is 18.4 Å². The molecule has 0 bridgehead atoms. The number of carbonyl (C=O) groups is 1. The summed E-state index contributed by atoms with van der Waals surface area (Å²) in [5.74, 6) is 0.600. The standard InChI is InChI=1S/C11H22N3O3S.ClH/c1-12(2)11(15)13-3-5-14(6-4-13)7-9-18(16,17)10-8-14;/h3-10H2,1-2H3;1H/q+1;/p-1. The lowest BCUT2D eigenvalue weighted by atomic mass is 10.2. The SMILES string of the molecule is CN(C)C(=O)N1CC[N+]2(CC1)CCS(=O)(=O)CC2.[Cl-]. The zero-order chi connectivity index (χ0) is 13.4. The number of hydrogen-bond donors (Lipinski definition) is 0. The summed E-state index contributed by atoms with van der Waals surface area (Å²) in [5, 5.41) is 0. The van der Waals surface area contributed by atoms with Crippen LogP contribution in [0.25, 0.3) is 0 Å². The van der Waals surface area contributed by atoms with Gasteiger partial charge in [-0.3, -0.25) is 0 Å². The van der Waals surface area contributed by atoms with Crippen molar-refractivity contribution in [2.45, 2.75) is 0 Å². The van der Waals surface area contributed by atoms with E-state index in [4.69, 9.17) is 0 Å². The summed E-state index contributed by atoms with van der Waals surface area (Å²) in [6, 6.07) is 0.0532. The highest BCUT2D eigenvalue weighted by atomic mass is 35.5. The molecule has 19 heavy (non-hydrogen) atoms. The van der Waals surface area contributed by atoms with Crippen molar-refractivity contribution in [3.05, 3.63) is 0 Å². The molecule has 0 unspecified atom stereocenters. The topological polar surface area (TPSA) is 57.7 Å². The number of hydrogen-bond acceptors (Lipinski definition) is 3. The highest BCUT2D eigenvalue weighted by Gasteiger charge is 2.39. The monoisotopic (exact) mass is 311 g/mol. The molecule has 0 N–H and O–H groups in total. The fraction of sp³-hybridized carbons (Fsp3) is 0.909. The minimum Gasteiger partial charge on any atom is -1.00 e. The largest absolute Gasteiger partial charge is 1.00 e. The van der Waals surface area contributed by atoms with Crippen LogP contribution < -0.4 is 12.4 Å². The van der Waals surface area contributed by atoms with Gasteiger partial charge < -0.3 is 26.7 Å². The number of urea groups is 1. The van der Waals surface area contributed by atoms with Crippen LogP contribution in [-0.4, -0.2) is 93.6 Å². The molecule has 0 saturated carbocycles. The molecular weight excluding hydrogens is 290 g/mol. The van der Waals surface area contributed by atoms with Crippen molar-refractivity contribution in [2.75, 3.05) is 64.9 Å². The Morgan fingerprint density at radius 1 is 1.05 bits per heavy atom. The number of quaternary nitrogens is 1. The predicted octanol–water partition coefficient (Wildman–Crippen LogP) is -3.77. The number of piperazine rings is 1. The number of rotatable bonds is 0. The quantitative estimate of drug-likeness (QED) is 0.432. The highest BCUT2D eigenvalue weighted by Crippen LogP contribution is 2.18. The Kier molecular flexibility index (Phi) is 5.08. The smallest absolute Gasteiger partial charge is 0.319 e. The fourth-order valence-corrected chi connectivity index (χ4v) is 4.23. The Morgan fingerprint density at radius 2 is 1.53 bits per heavy atom. The van der Waals surface area contributed by atoms with Gasteiger partial charge in [-0.15, -0.1) is 0 Å². The van der Waals surface area contributed by atoms with Crippen LogP contribution in [0.2, 0.25) is 0 Å². The van der Waals surface area contributed by atoms with E-state index >= 15 is 0 Å². The molecule has 2 fully saturated rings. The van der Waals surface area contributed by atoms with Crippen molar-refractivity contribution in [1.29, 1.82) is 0 Å². The third-order valence-corrected chi connectivity index (χ3v) is 5.70. The molecule has 8 heteroatoms. The van der Waals surface area contributed by atoms with Crippen LogP contribution in [0.5, 0.6) is 0 Å². The molecule has 0 aromatic rings. The van der Waals surface area contributed by atoms with E-state index in [1.54, 1.807) is 19.0 Å². The Hall–Kier alpha value is -0.530. The summed E-state index contributed by atoms with van der Waals surface area (Å²) in [7, 11) is 0.712. The molecule has 2 amide bonds. The summed E-state index contributed by atoms with van der Waals surface area (Å²) in [6.07, 6.45) is 0. The summed E-state index contributed by atoms with van der Waals surface area (Å²) in [4.78, 5) is 15.3. The van der Waals surface area contributed by atoms with Crippen molar-refractivity contribution in [2.24, 2.45) is 0 Å². The minimum absolute atomic E-state index is 0. The van der Waals surface area contributed by atoms with E-state index in [1.165, 1.54) is 0 Å². The molecule has 0 radical (unpaired) electrons. The first-order chi connectivity index (χ1) is 8.34. The van der Waals surface area contributed by atoms with Gasteiger partial charge in [-0.1, -0.05) is 0 Å². The maximum Gasteiger partial charge on any atom is 0.319 e. The van der Waals surface area contributed by atoms with Crippen molar-refractivity contribution >= 4 is 15.9 Å². The molecule has 0 aromatic carbocycles. The molecule has 1 spiro atoms. The third kappa shape index (κ3) is 3.73. The summed E-state index contributed by atoms with van der Waals surface area (Å²) < 4.78 is 23.8. The average Bonchev–Trinajstić information content (AvgIpc) is 2.34. The van der Waals surface area contributed by atoms with Gasteiger partial charge in [0.2, 0.25) is 0 Å². The maximum atomic E-state index is 11.8. The zero-order valence-electron chi connectivity index (χ0n) is 11.5. The van der Waals surface area contributed by atoms with Crippen LogP contribution in [0.1, 0.15) is 0 Å². The average molecular weight is 312 g/mol. The van der Waals surface area contributed by atoms with Crippen molar-refractivity contribution in [3.8, 4) is 0 Å². The molecule has 112 valence electrons. The van der Waals surface area contributed by atoms with Gasteiger partial charge >= 0.3 is 6.03 Å². The van der Waals surface area contributed by atoms with Crippen LogP contribution in [0.4, 0.5) is 4.79 Å². The second-order valence-electron chi connectivity index (χ2n) is 5.55. The van der Waals surface area contributed by atoms with Crippen molar-refractivity contribution in [3.63, 3.8) is 0 Å². The predicted molar refractivity (Wildman–Crippen MR) is 69.0 cm³/mol.